The van der Waals surface area contributed by atoms with Gasteiger partial charge in [-0.25, -0.2) is 14.4 Å². The smallest absolute Gasteiger partial charge is 0.224 e. The van der Waals surface area contributed by atoms with Gasteiger partial charge in [0.25, 0.3) is 0 Å². The summed E-state index contributed by atoms with van der Waals surface area (Å²) in [4.78, 5) is 8.13. The Hall–Kier alpha value is -2.21. The first kappa shape index (κ1) is 15.2. The Morgan fingerprint density at radius 1 is 1.10 bits per heavy atom. The lowest BCUT2D eigenvalue weighted by molar-refractivity contribution is 0.357. The van der Waals surface area contributed by atoms with Gasteiger partial charge in [0.15, 0.2) is 0 Å². The number of nitrogens with one attached hydrogen (secondary N) is 1. The first-order valence-corrected chi connectivity index (χ1v) is 6.56. The van der Waals surface area contributed by atoms with Crippen LogP contribution in [0.1, 0.15) is 24.1 Å². The fourth-order valence-corrected chi connectivity index (χ4v) is 2.01. The van der Waals surface area contributed by atoms with Crippen molar-refractivity contribution in [3.63, 3.8) is 0 Å². The van der Waals surface area contributed by atoms with E-state index in [1.807, 2.05) is 6.92 Å². The van der Waals surface area contributed by atoms with Crippen LogP contribution in [0.3, 0.4) is 0 Å². The molecule has 6 heteroatoms. The number of halogens is 1. The molecule has 0 aliphatic heterocycles. The minimum Gasteiger partial charge on any atom is -0.481 e. The maximum Gasteiger partial charge on any atom is 0.224 e. The van der Waals surface area contributed by atoms with Crippen molar-refractivity contribution in [2.24, 2.45) is 0 Å². The number of hydrogen-bond donors (Lipinski definition) is 1. The molecule has 0 aliphatic rings. The molecule has 5 nitrogen and oxygen atoms in total. The minimum absolute atomic E-state index is 0.0419. The molecule has 0 amide bonds. The van der Waals surface area contributed by atoms with Crippen LogP contribution in [0.5, 0.6) is 11.8 Å². The van der Waals surface area contributed by atoms with Gasteiger partial charge in [0, 0.05) is 12.6 Å². The summed E-state index contributed by atoms with van der Waals surface area (Å²) < 4.78 is 23.4. The molecular formula is C15H18FN3O2. The molecule has 0 spiro atoms. The zero-order chi connectivity index (χ0) is 15.2. The largest absolute Gasteiger partial charge is 0.481 e. The third-order valence-corrected chi connectivity index (χ3v) is 3.21. The average molecular weight is 291 g/mol. The molecule has 0 bridgehead atoms. The van der Waals surface area contributed by atoms with Crippen molar-refractivity contribution in [3.05, 3.63) is 47.5 Å². The van der Waals surface area contributed by atoms with Crippen molar-refractivity contribution >= 4 is 0 Å². The molecule has 2 aromatic rings. The van der Waals surface area contributed by atoms with Crippen molar-refractivity contribution in [2.45, 2.75) is 19.5 Å². The Morgan fingerprint density at radius 2 is 1.67 bits per heavy atom. The highest BCUT2D eigenvalue weighted by atomic mass is 19.1. The molecule has 0 saturated carbocycles. The van der Waals surface area contributed by atoms with Gasteiger partial charge in [-0.15, -0.1) is 0 Å². The summed E-state index contributed by atoms with van der Waals surface area (Å²) in [6.45, 7) is 2.47. The molecule has 1 atom stereocenters. The minimum atomic E-state index is -0.245. The predicted octanol–water partition coefficient (Wildman–Crippen LogP) is 2.48. The van der Waals surface area contributed by atoms with E-state index in [9.17, 15) is 4.39 Å². The summed E-state index contributed by atoms with van der Waals surface area (Å²) in [7, 11) is 3.10. The van der Waals surface area contributed by atoms with E-state index in [1.54, 1.807) is 26.4 Å². The molecule has 112 valence electrons. The molecule has 21 heavy (non-hydrogen) atoms. The van der Waals surface area contributed by atoms with Crippen molar-refractivity contribution in [1.82, 2.24) is 15.3 Å². The Bertz CT molecular complexity index is 568. The average Bonchev–Trinajstić information content (AvgIpc) is 2.52. The van der Waals surface area contributed by atoms with E-state index in [-0.39, 0.29) is 11.9 Å². The highest BCUT2D eigenvalue weighted by Crippen LogP contribution is 2.24. The van der Waals surface area contributed by atoms with E-state index in [4.69, 9.17) is 9.47 Å². The SMILES string of the molecule is COc1ncnc(OC)c1CN[C@@H](C)c1ccc(F)cc1. The van der Waals surface area contributed by atoms with Crippen LogP contribution in [0.25, 0.3) is 0 Å². The second-order valence-electron chi connectivity index (χ2n) is 4.52. The summed E-state index contributed by atoms with van der Waals surface area (Å²) in [5.41, 5.74) is 1.74. The molecule has 1 aromatic carbocycles. The Balaban J connectivity index is 2.10. The van der Waals surface area contributed by atoms with Crippen LogP contribution >= 0.6 is 0 Å². The van der Waals surface area contributed by atoms with Crippen LogP contribution in [-0.4, -0.2) is 24.2 Å². The zero-order valence-electron chi connectivity index (χ0n) is 12.3. The monoisotopic (exact) mass is 291 g/mol. The van der Waals surface area contributed by atoms with Gasteiger partial charge in [-0.1, -0.05) is 12.1 Å². The number of benzene rings is 1. The topological polar surface area (TPSA) is 56.3 Å². The molecule has 0 saturated heterocycles. The van der Waals surface area contributed by atoms with Crippen molar-refractivity contribution in [2.75, 3.05) is 14.2 Å². The molecule has 1 aromatic heterocycles. The van der Waals surface area contributed by atoms with Crippen LogP contribution in [-0.2, 0) is 6.54 Å². The maximum atomic E-state index is 12.9. The van der Waals surface area contributed by atoms with Gasteiger partial charge < -0.3 is 14.8 Å². The molecule has 2 rings (SSSR count). The third-order valence-electron chi connectivity index (χ3n) is 3.21. The molecule has 0 aliphatic carbocycles. The number of aromatic nitrogens is 2. The van der Waals surface area contributed by atoms with E-state index >= 15 is 0 Å². The van der Waals surface area contributed by atoms with Crippen LogP contribution in [0, 0.1) is 5.82 Å². The van der Waals surface area contributed by atoms with Gasteiger partial charge in [-0.3, -0.25) is 0 Å². The molecule has 0 radical (unpaired) electrons. The van der Waals surface area contributed by atoms with E-state index in [0.717, 1.165) is 11.1 Å². The zero-order valence-corrected chi connectivity index (χ0v) is 12.3. The van der Waals surface area contributed by atoms with Crippen LogP contribution in [0.2, 0.25) is 0 Å². The van der Waals surface area contributed by atoms with Gasteiger partial charge in [0.1, 0.15) is 12.1 Å². The maximum absolute atomic E-state index is 12.9. The standard InChI is InChI=1S/C15H18FN3O2/c1-10(11-4-6-12(16)7-5-11)17-8-13-14(20-2)18-9-19-15(13)21-3/h4-7,9-10,17H,8H2,1-3H3/t10-/m0/s1. The van der Waals surface area contributed by atoms with E-state index in [0.29, 0.717) is 18.3 Å². The predicted molar refractivity (Wildman–Crippen MR) is 76.8 cm³/mol. The summed E-state index contributed by atoms with van der Waals surface area (Å²) in [5, 5.41) is 3.32. The number of ether oxygens (including phenoxy) is 2. The quantitative estimate of drug-likeness (QED) is 0.886. The van der Waals surface area contributed by atoms with Gasteiger partial charge in [-0.2, -0.15) is 0 Å². The van der Waals surface area contributed by atoms with Gasteiger partial charge in [0.2, 0.25) is 11.8 Å². The fraction of sp³-hybridized carbons (Fsp3) is 0.333. The first-order valence-electron chi connectivity index (χ1n) is 6.56. The van der Waals surface area contributed by atoms with E-state index in [2.05, 4.69) is 15.3 Å². The lowest BCUT2D eigenvalue weighted by Crippen LogP contribution is -2.19. The van der Waals surface area contributed by atoms with Crippen LogP contribution < -0.4 is 14.8 Å². The number of nitrogens with zero attached hydrogens (tertiary/aromatic N) is 2. The summed E-state index contributed by atoms with van der Waals surface area (Å²) in [6, 6.07) is 6.44. The van der Waals surface area contributed by atoms with Crippen LogP contribution in [0.4, 0.5) is 4.39 Å². The lowest BCUT2D eigenvalue weighted by atomic mass is 10.1. The van der Waals surface area contributed by atoms with Gasteiger partial charge in [-0.05, 0) is 24.6 Å². The second-order valence-corrected chi connectivity index (χ2v) is 4.52. The Kier molecular flexibility index (Phi) is 5.05. The number of hydrogen-bond acceptors (Lipinski definition) is 5. The van der Waals surface area contributed by atoms with Crippen molar-refractivity contribution < 1.29 is 13.9 Å². The highest BCUT2D eigenvalue weighted by molar-refractivity contribution is 5.34. The van der Waals surface area contributed by atoms with Gasteiger partial charge in [0.05, 0.1) is 19.8 Å². The van der Waals surface area contributed by atoms with E-state index < -0.39 is 0 Å². The highest BCUT2D eigenvalue weighted by Gasteiger charge is 2.14. The second kappa shape index (κ2) is 6.99. The summed E-state index contributed by atoms with van der Waals surface area (Å²) >= 11 is 0. The molecule has 1 N–H and O–H groups in total. The molecule has 0 fully saturated rings. The molecule has 0 unspecified atom stereocenters. The van der Waals surface area contributed by atoms with Gasteiger partial charge >= 0.3 is 0 Å². The fourth-order valence-electron chi connectivity index (χ4n) is 2.01. The van der Waals surface area contributed by atoms with Crippen LogP contribution in [0.15, 0.2) is 30.6 Å². The summed E-state index contributed by atoms with van der Waals surface area (Å²) in [6.07, 6.45) is 1.39. The van der Waals surface area contributed by atoms with Crippen molar-refractivity contribution in [1.29, 1.82) is 0 Å². The molecule has 1 heterocycles. The lowest BCUT2D eigenvalue weighted by Gasteiger charge is -2.16. The Morgan fingerprint density at radius 3 is 2.19 bits per heavy atom. The third kappa shape index (κ3) is 3.66. The van der Waals surface area contributed by atoms with Crippen molar-refractivity contribution in [3.8, 4) is 11.8 Å². The Labute approximate surface area is 123 Å². The summed E-state index contributed by atoms with van der Waals surface area (Å²) in [5.74, 6) is 0.701. The normalized spacial score (nSPS) is 12.0. The number of rotatable bonds is 6. The number of methoxy groups -OCH3 is 2. The van der Waals surface area contributed by atoms with E-state index in [1.165, 1.54) is 18.5 Å². The molecular weight excluding hydrogens is 273 g/mol. The first-order chi connectivity index (χ1) is 10.2.